The normalized spacial score (nSPS) is 10.9. The summed E-state index contributed by atoms with van der Waals surface area (Å²) in [5, 5.41) is 0.976. The lowest BCUT2D eigenvalue weighted by Crippen LogP contribution is -2.33. The molecule has 0 bridgehead atoms. The Balaban J connectivity index is 2.09. The van der Waals surface area contributed by atoms with Crippen LogP contribution in [0, 0.1) is 20.8 Å². The standard InChI is InChI=1S/C22H24N2O2/c1-5-20(25)24(19-11-7-8-14(2)16(19)4)13-18-12-17-10-6-9-15(3)21(17)23-22(18)26/h6-12H,5,13H2,1-4H3,(H,23,26). The van der Waals surface area contributed by atoms with Crippen LogP contribution in [0.5, 0.6) is 0 Å². The number of anilines is 1. The largest absolute Gasteiger partial charge is 0.321 e. The molecule has 4 nitrogen and oxygen atoms in total. The highest BCUT2D eigenvalue weighted by Gasteiger charge is 2.19. The minimum Gasteiger partial charge on any atom is -0.321 e. The summed E-state index contributed by atoms with van der Waals surface area (Å²) in [5.74, 6) is 0.00226. The van der Waals surface area contributed by atoms with E-state index in [1.165, 1.54) is 0 Å². The van der Waals surface area contributed by atoms with E-state index in [1.54, 1.807) is 4.90 Å². The second-order valence-electron chi connectivity index (χ2n) is 6.72. The van der Waals surface area contributed by atoms with Crippen LogP contribution < -0.4 is 10.5 Å². The van der Waals surface area contributed by atoms with Gasteiger partial charge < -0.3 is 9.88 Å². The number of carbonyl (C=O) groups is 1. The average Bonchev–Trinajstić information content (AvgIpc) is 2.63. The molecule has 0 unspecified atom stereocenters. The quantitative estimate of drug-likeness (QED) is 0.760. The van der Waals surface area contributed by atoms with Gasteiger partial charge in [0.05, 0.1) is 12.1 Å². The summed E-state index contributed by atoms with van der Waals surface area (Å²) in [6.45, 7) is 8.11. The first kappa shape index (κ1) is 17.9. The first-order valence-corrected chi connectivity index (χ1v) is 8.90. The molecule has 1 N–H and O–H groups in total. The van der Waals surface area contributed by atoms with Gasteiger partial charge in [0.15, 0.2) is 0 Å². The smallest absolute Gasteiger partial charge is 0.253 e. The fourth-order valence-corrected chi connectivity index (χ4v) is 3.24. The number of H-pyrrole nitrogens is 1. The van der Waals surface area contributed by atoms with E-state index in [-0.39, 0.29) is 18.0 Å². The lowest BCUT2D eigenvalue weighted by Gasteiger charge is -2.25. The molecule has 0 saturated carbocycles. The fourth-order valence-electron chi connectivity index (χ4n) is 3.24. The second-order valence-corrected chi connectivity index (χ2v) is 6.72. The van der Waals surface area contributed by atoms with Crippen molar-refractivity contribution < 1.29 is 4.79 Å². The second kappa shape index (κ2) is 7.16. The number of aromatic amines is 1. The highest BCUT2D eigenvalue weighted by atomic mass is 16.2. The summed E-state index contributed by atoms with van der Waals surface area (Å²) in [7, 11) is 0. The molecule has 4 heteroatoms. The Bertz CT molecular complexity index is 1030. The van der Waals surface area contributed by atoms with Gasteiger partial charge in [-0.05, 0) is 55.0 Å². The Morgan fingerprint density at radius 2 is 1.73 bits per heavy atom. The van der Waals surface area contributed by atoms with Crippen LogP contribution in [-0.2, 0) is 11.3 Å². The van der Waals surface area contributed by atoms with Crippen molar-refractivity contribution in [3.63, 3.8) is 0 Å². The molecule has 1 heterocycles. The molecule has 0 spiro atoms. The van der Waals surface area contributed by atoms with Crippen molar-refractivity contribution in [1.29, 1.82) is 0 Å². The van der Waals surface area contributed by atoms with Gasteiger partial charge in [-0.15, -0.1) is 0 Å². The molecule has 3 rings (SSSR count). The van der Waals surface area contributed by atoms with Crippen LogP contribution in [0.15, 0.2) is 47.3 Å². The van der Waals surface area contributed by atoms with E-state index in [0.717, 1.165) is 33.3 Å². The van der Waals surface area contributed by atoms with Crippen molar-refractivity contribution in [2.45, 2.75) is 40.7 Å². The van der Waals surface area contributed by atoms with Gasteiger partial charge in [-0.1, -0.05) is 37.3 Å². The maximum Gasteiger partial charge on any atom is 0.253 e. The van der Waals surface area contributed by atoms with E-state index < -0.39 is 0 Å². The zero-order valence-electron chi connectivity index (χ0n) is 15.7. The van der Waals surface area contributed by atoms with Crippen molar-refractivity contribution in [3.8, 4) is 0 Å². The molecular formula is C22H24N2O2. The van der Waals surface area contributed by atoms with E-state index in [9.17, 15) is 9.59 Å². The monoisotopic (exact) mass is 348 g/mol. The van der Waals surface area contributed by atoms with Gasteiger partial charge >= 0.3 is 0 Å². The van der Waals surface area contributed by atoms with Crippen molar-refractivity contribution in [2.24, 2.45) is 0 Å². The third-order valence-corrected chi connectivity index (χ3v) is 4.96. The summed E-state index contributed by atoms with van der Waals surface area (Å²) in [5.41, 5.74) is 5.36. The van der Waals surface area contributed by atoms with Crippen molar-refractivity contribution in [1.82, 2.24) is 4.98 Å². The van der Waals surface area contributed by atoms with Crippen molar-refractivity contribution >= 4 is 22.5 Å². The molecule has 0 aliphatic heterocycles. The molecule has 0 aliphatic carbocycles. The highest BCUT2D eigenvalue weighted by Crippen LogP contribution is 2.25. The summed E-state index contributed by atoms with van der Waals surface area (Å²) >= 11 is 0. The van der Waals surface area contributed by atoms with Crippen LogP contribution in [0.2, 0.25) is 0 Å². The number of amides is 1. The third-order valence-electron chi connectivity index (χ3n) is 4.96. The number of hydrogen-bond donors (Lipinski definition) is 1. The van der Waals surface area contributed by atoms with Crippen LogP contribution >= 0.6 is 0 Å². The van der Waals surface area contributed by atoms with Gasteiger partial charge in [0.2, 0.25) is 5.91 Å². The molecular weight excluding hydrogens is 324 g/mol. The number of pyridine rings is 1. The lowest BCUT2D eigenvalue weighted by atomic mass is 10.1. The average molecular weight is 348 g/mol. The highest BCUT2D eigenvalue weighted by molar-refractivity contribution is 5.94. The first-order valence-electron chi connectivity index (χ1n) is 8.90. The van der Waals surface area contributed by atoms with E-state index in [0.29, 0.717) is 12.0 Å². The van der Waals surface area contributed by atoms with Gasteiger partial charge in [0.1, 0.15) is 0 Å². The van der Waals surface area contributed by atoms with Crippen LogP contribution in [0.25, 0.3) is 10.9 Å². The Kier molecular flexibility index (Phi) is 4.94. The van der Waals surface area contributed by atoms with E-state index in [2.05, 4.69) is 4.98 Å². The number of para-hydroxylation sites is 1. The molecule has 0 radical (unpaired) electrons. The number of rotatable bonds is 4. The number of aromatic nitrogens is 1. The first-order chi connectivity index (χ1) is 12.4. The predicted molar refractivity (Wildman–Crippen MR) is 107 cm³/mol. The lowest BCUT2D eigenvalue weighted by molar-refractivity contribution is -0.118. The zero-order valence-corrected chi connectivity index (χ0v) is 15.7. The maximum atomic E-state index is 12.6. The molecule has 0 saturated heterocycles. The number of carbonyl (C=O) groups excluding carboxylic acids is 1. The number of nitrogens with one attached hydrogen (secondary N) is 1. The van der Waals surface area contributed by atoms with E-state index in [4.69, 9.17) is 0 Å². The molecule has 26 heavy (non-hydrogen) atoms. The number of aryl methyl sites for hydroxylation is 2. The minimum absolute atomic E-state index is 0.00226. The van der Waals surface area contributed by atoms with E-state index in [1.807, 2.05) is 70.2 Å². The molecule has 0 aliphatic rings. The van der Waals surface area contributed by atoms with Crippen LogP contribution in [0.1, 0.15) is 35.6 Å². The number of hydrogen-bond acceptors (Lipinski definition) is 2. The topological polar surface area (TPSA) is 53.2 Å². The number of nitrogens with zero attached hydrogens (tertiary/aromatic N) is 1. The Hall–Kier alpha value is -2.88. The molecule has 0 fully saturated rings. The van der Waals surface area contributed by atoms with Crippen LogP contribution in [-0.4, -0.2) is 10.9 Å². The summed E-state index contributed by atoms with van der Waals surface area (Å²) < 4.78 is 0. The fraction of sp³-hybridized carbons (Fsp3) is 0.273. The van der Waals surface area contributed by atoms with Gasteiger partial charge in [-0.3, -0.25) is 9.59 Å². The minimum atomic E-state index is -0.147. The Morgan fingerprint density at radius 3 is 2.46 bits per heavy atom. The van der Waals surface area contributed by atoms with Crippen molar-refractivity contribution in [3.05, 3.63) is 75.1 Å². The predicted octanol–water partition coefficient (Wildman–Crippen LogP) is 4.40. The van der Waals surface area contributed by atoms with Gasteiger partial charge in [-0.2, -0.15) is 0 Å². The van der Waals surface area contributed by atoms with Crippen LogP contribution in [0.4, 0.5) is 5.69 Å². The van der Waals surface area contributed by atoms with Gasteiger partial charge in [0.25, 0.3) is 5.56 Å². The molecule has 1 amide bonds. The number of benzene rings is 2. The summed E-state index contributed by atoms with van der Waals surface area (Å²) in [6, 6.07) is 13.7. The Labute approximate surface area is 153 Å². The van der Waals surface area contributed by atoms with Gasteiger partial charge in [0, 0.05) is 17.7 Å². The molecule has 134 valence electrons. The van der Waals surface area contributed by atoms with Crippen molar-refractivity contribution in [2.75, 3.05) is 4.90 Å². The molecule has 3 aromatic rings. The Morgan fingerprint density at radius 1 is 1.04 bits per heavy atom. The number of fused-ring (bicyclic) bond motifs is 1. The summed E-state index contributed by atoms with van der Waals surface area (Å²) in [6.07, 6.45) is 0.387. The van der Waals surface area contributed by atoms with Crippen LogP contribution in [0.3, 0.4) is 0 Å². The SMILES string of the molecule is CCC(=O)N(Cc1cc2cccc(C)c2[nH]c1=O)c1cccc(C)c1C. The molecule has 2 aromatic carbocycles. The third kappa shape index (κ3) is 3.27. The zero-order chi connectivity index (χ0) is 18.8. The summed E-state index contributed by atoms with van der Waals surface area (Å²) in [4.78, 5) is 29.9. The molecule has 1 aromatic heterocycles. The van der Waals surface area contributed by atoms with Gasteiger partial charge in [-0.25, -0.2) is 0 Å². The maximum absolute atomic E-state index is 12.6. The van der Waals surface area contributed by atoms with E-state index >= 15 is 0 Å². The molecule has 0 atom stereocenters.